The smallest absolute Gasteiger partial charge is 0.219 e. The molecule has 3 rings (SSSR count). The molecule has 1 aliphatic heterocycles. The molecule has 1 N–H and O–H groups in total. The van der Waals surface area contributed by atoms with E-state index < -0.39 is 0 Å². The minimum absolute atomic E-state index is 0.141. The molecule has 1 aliphatic rings. The van der Waals surface area contributed by atoms with Gasteiger partial charge in [0.05, 0.1) is 0 Å². The largest absolute Gasteiger partial charge is 0.356 e. The van der Waals surface area contributed by atoms with Crippen molar-refractivity contribution >= 4 is 16.8 Å². The lowest BCUT2D eigenvalue weighted by Crippen LogP contribution is -2.25. The number of rotatable bonds is 4. The topological polar surface area (TPSA) is 34.0 Å². The third kappa shape index (κ3) is 2.33. The van der Waals surface area contributed by atoms with Gasteiger partial charge in [0.15, 0.2) is 0 Å². The fraction of sp³-hybridized carbons (Fsp3) is 0.471. The van der Waals surface area contributed by atoms with Gasteiger partial charge < -0.3 is 9.88 Å². The second-order valence-electron chi connectivity index (χ2n) is 5.50. The van der Waals surface area contributed by atoms with Gasteiger partial charge in [-0.1, -0.05) is 25.1 Å². The summed E-state index contributed by atoms with van der Waals surface area (Å²) in [5, 5.41) is 4.36. The van der Waals surface area contributed by atoms with Crippen molar-refractivity contribution in [3.05, 3.63) is 35.5 Å². The Kier molecular flexibility index (Phi) is 3.77. The van der Waals surface area contributed by atoms with Crippen LogP contribution in [0.15, 0.2) is 24.3 Å². The first kappa shape index (κ1) is 13.2. The van der Waals surface area contributed by atoms with E-state index in [0.717, 1.165) is 19.5 Å². The monoisotopic (exact) mass is 270 g/mol. The number of hydrogen-bond acceptors (Lipinski definition) is 1. The van der Waals surface area contributed by atoms with Gasteiger partial charge >= 0.3 is 0 Å². The molecule has 0 aliphatic carbocycles. The molecule has 0 saturated carbocycles. The van der Waals surface area contributed by atoms with Crippen molar-refractivity contribution in [1.29, 1.82) is 0 Å². The van der Waals surface area contributed by atoms with Crippen LogP contribution >= 0.6 is 0 Å². The Labute approximate surface area is 120 Å². The molecule has 0 saturated heterocycles. The van der Waals surface area contributed by atoms with Crippen molar-refractivity contribution in [1.82, 2.24) is 9.88 Å². The predicted molar refractivity (Wildman–Crippen MR) is 81.9 cm³/mol. The summed E-state index contributed by atoms with van der Waals surface area (Å²) in [6.45, 7) is 3.77. The van der Waals surface area contributed by atoms with Gasteiger partial charge in [-0.05, 0) is 37.3 Å². The first-order chi connectivity index (χ1) is 9.81. The van der Waals surface area contributed by atoms with Crippen molar-refractivity contribution in [3.8, 4) is 0 Å². The van der Waals surface area contributed by atoms with Gasteiger partial charge in [-0.3, -0.25) is 4.79 Å². The van der Waals surface area contributed by atoms with Gasteiger partial charge in [0, 0.05) is 36.1 Å². The van der Waals surface area contributed by atoms with Crippen molar-refractivity contribution in [2.24, 2.45) is 0 Å². The van der Waals surface area contributed by atoms with Crippen LogP contribution in [0, 0.1) is 0 Å². The number of hydrogen-bond donors (Lipinski definition) is 1. The Bertz CT molecular complexity index is 627. The molecule has 3 nitrogen and oxygen atoms in total. The molecule has 1 amide bonds. The standard InChI is InChI=1S/C17H22N2O/c1-2-17(20)18-11-10-14-13-7-3-4-8-15(13)19-12-6-5-9-16(14)19/h3-4,7-8H,2,5-6,9-12H2,1H3,(H,18,20). The van der Waals surface area contributed by atoms with E-state index in [0.29, 0.717) is 6.42 Å². The number of benzene rings is 1. The zero-order valence-corrected chi connectivity index (χ0v) is 12.1. The average Bonchev–Trinajstić information content (AvgIpc) is 2.82. The second kappa shape index (κ2) is 5.70. The third-order valence-corrected chi connectivity index (χ3v) is 4.26. The highest BCUT2D eigenvalue weighted by molar-refractivity contribution is 5.86. The van der Waals surface area contributed by atoms with Crippen LogP contribution in [-0.4, -0.2) is 17.0 Å². The normalized spacial score (nSPS) is 14.2. The molecular formula is C17H22N2O. The summed E-state index contributed by atoms with van der Waals surface area (Å²) in [4.78, 5) is 11.4. The molecule has 0 bridgehead atoms. The molecule has 0 atom stereocenters. The molecule has 20 heavy (non-hydrogen) atoms. The third-order valence-electron chi connectivity index (χ3n) is 4.26. The van der Waals surface area contributed by atoms with Gasteiger partial charge in [-0.15, -0.1) is 0 Å². The summed E-state index contributed by atoms with van der Waals surface area (Å²) < 4.78 is 2.48. The van der Waals surface area contributed by atoms with E-state index in [9.17, 15) is 4.79 Å². The molecule has 2 heterocycles. The van der Waals surface area contributed by atoms with Crippen molar-refractivity contribution in [2.75, 3.05) is 6.54 Å². The summed E-state index contributed by atoms with van der Waals surface area (Å²) in [6.07, 6.45) is 5.23. The highest BCUT2D eigenvalue weighted by Crippen LogP contribution is 2.30. The summed E-state index contributed by atoms with van der Waals surface area (Å²) in [5.74, 6) is 0.141. The highest BCUT2D eigenvalue weighted by Gasteiger charge is 2.18. The maximum atomic E-state index is 11.4. The number of carbonyl (C=O) groups excluding carboxylic acids is 1. The minimum Gasteiger partial charge on any atom is -0.356 e. The summed E-state index contributed by atoms with van der Waals surface area (Å²) >= 11 is 0. The number of amides is 1. The lowest BCUT2D eigenvalue weighted by Gasteiger charge is -2.17. The van der Waals surface area contributed by atoms with Gasteiger partial charge in [0.25, 0.3) is 0 Å². The maximum Gasteiger partial charge on any atom is 0.219 e. The van der Waals surface area contributed by atoms with Crippen LogP contribution in [0.5, 0.6) is 0 Å². The summed E-state index contributed by atoms with van der Waals surface area (Å²) in [5.41, 5.74) is 4.29. The number of carbonyl (C=O) groups is 1. The Morgan fingerprint density at radius 3 is 3.00 bits per heavy atom. The van der Waals surface area contributed by atoms with Gasteiger partial charge in [0.2, 0.25) is 5.91 Å². The fourth-order valence-corrected chi connectivity index (χ4v) is 3.26. The lowest BCUT2D eigenvalue weighted by atomic mass is 10.0. The molecule has 3 heteroatoms. The molecule has 1 aromatic heterocycles. The highest BCUT2D eigenvalue weighted by atomic mass is 16.1. The zero-order valence-electron chi connectivity index (χ0n) is 12.1. The number of nitrogens with one attached hydrogen (secondary N) is 1. The van der Waals surface area contributed by atoms with E-state index in [1.807, 2.05) is 6.92 Å². The van der Waals surface area contributed by atoms with Crippen LogP contribution in [0.25, 0.3) is 10.9 Å². The molecule has 0 fully saturated rings. The number of aryl methyl sites for hydroxylation is 1. The molecule has 0 spiro atoms. The second-order valence-corrected chi connectivity index (χ2v) is 5.50. The van der Waals surface area contributed by atoms with Crippen molar-refractivity contribution < 1.29 is 4.79 Å². The number of para-hydroxylation sites is 1. The van der Waals surface area contributed by atoms with Crippen LogP contribution in [0.3, 0.4) is 0 Å². The Balaban J connectivity index is 1.91. The van der Waals surface area contributed by atoms with Gasteiger partial charge in [-0.2, -0.15) is 0 Å². The van der Waals surface area contributed by atoms with Crippen LogP contribution in [0.4, 0.5) is 0 Å². The van der Waals surface area contributed by atoms with E-state index >= 15 is 0 Å². The first-order valence-electron chi connectivity index (χ1n) is 7.67. The van der Waals surface area contributed by atoms with Crippen LogP contribution < -0.4 is 5.32 Å². The van der Waals surface area contributed by atoms with E-state index in [4.69, 9.17) is 0 Å². The molecular weight excluding hydrogens is 248 g/mol. The summed E-state index contributed by atoms with van der Waals surface area (Å²) in [7, 11) is 0. The van der Waals surface area contributed by atoms with Gasteiger partial charge in [-0.25, -0.2) is 0 Å². The van der Waals surface area contributed by atoms with E-state index in [1.165, 1.54) is 41.4 Å². The molecule has 0 unspecified atom stereocenters. The SMILES string of the molecule is CCC(=O)NCCc1c2n(c3ccccc13)CCCC2. The van der Waals surface area contributed by atoms with Crippen LogP contribution in [-0.2, 0) is 24.2 Å². The molecule has 106 valence electrons. The van der Waals surface area contributed by atoms with E-state index in [1.54, 1.807) is 0 Å². The van der Waals surface area contributed by atoms with E-state index in [2.05, 4.69) is 34.1 Å². The van der Waals surface area contributed by atoms with Gasteiger partial charge in [0.1, 0.15) is 0 Å². The predicted octanol–water partition coefficient (Wildman–Crippen LogP) is 3.05. The maximum absolute atomic E-state index is 11.4. The molecule has 2 aromatic rings. The zero-order chi connectivity index (χ0) is 13.9. The number of nitrogens with zero attached hydrogens (tertiary/aromatic N) is 1. The average molecular weight is 270 g/mol. The Hall–Kier alpha value is -1.77. The molecule has 0 radical (unpaired) electrons. The summed E-state index contributed by atoms with van der Waals surface area (Å²) in [6, 6.07) is 8.67. The lowest BCUT2D eigenvalue weighted by molar-refractivity contribution is -0.120. The van der Waals surface area contributed by atoms with E-state index in [-0.39, 0.29) is 5.91 Å². The quantitative estimate of drug-likeness (QED) is 0.910. The van der Waals surface area contributed by atoms with Crippen LogP contribution in [0.1, 0.15) is 37.4 Å². The Morgan fingerprint density at radius 1 is 1.30 bits per heavy atom. The van der Waals surface area contributed by atoms with Crippen molar-refractivity contribution in [3.63, 3.8) is 0 Å². The van der Waals surface area contributed by atoms with Crippen LogP contribution in [0.2, 0.25) is 0 Å². The van der Waals surface area contributed by atoms with Crippen molar-refractivity contribution in [2.45, 2.75) is 45.6 Å². The minimum atomic E-state index is 0.141. The molecule has 1 aromatic carbocycles. The number of fused-ring (bicyclic) bond motifs is 3. The first-order valence-corrected chi connectivity index (χ1v) is 7.67. The Morgan fingerprint density at radius 2 is 2.15 bits per heavy atom. The number of aromatic nitrogens is 1. The fourth-order valence-electron chi connectivity index (χ4n) is 3.26.